The van der Waals surface area contributed by atoms with Gasteiger partial charge in [0.1, 0.15) is 0 Å². The van der Waals surface area contributed by atoms with E-state index < -0.39 is 0 Å². The summed E-state index contributed by atoms with van der Waals surface area (Å²) in [4.78, 5) is 0. The molecule has 0 saturated carbocycles. The summed E-state index contributed by atoms with van der Waals surface area (Å²) >= 11 is 0. The minimum absolute atomic E-state index is 1.01. The first-order chi connectivity index (χ1) is 6.00. The molecule has 0 radical (unpaired) electrons. The molecule has 0 aromatic rings. The third-order valence-corrected chi connectivity index (χ3v) is 1.91. The third-order valence-electron chi connectivity index (χ3n) is 1.91. The Morgan fingerprint density at radius 1 is 0.500 bits per heavy atom. The van der Waals surface area contributed by atoms with Crippen LogP contribution in [0.5, 0.6) is 0 Å². The molecule has 4 N–H and O–H groups in total. The predicted octanol–water partition coefficient (Wildman–Crippen LogP) is -0.946. The fourth-order valence-corrected chi connectivity index (χ4v) is 1.22. The summed E-state index contributed by atoms with van der Waals surface area (Å²) in [6, 6.07) is 0. The van der Waals surface area contributed by atoms with Gasteiger partial charge in [-0.05, 0) is 32.5 Å². The van der Waals surface area contributed by atoms with Gasteiger partial charge in [0.25, 0.3) is 0 Å². The van der Waals surface area contributed by atoms with Crippen LogP contribution in [0.4, 0.5) is 0 Å². The second kappa shape index (κ2) is 7.49. The summed E-state index contributed by atoms with van der Waals surface area (Å²) < 4.78 is 0. The molecular formula is C8H20N4. The van der Waals surface area contributed by atoms with E-state index in [2.05, 4.69) is 21.5 Å². The Morgan fingerprint density at radius 3 is 1.92 bits per heavy atom. The van der Waals surface area contributed by atoms with Gasteiger partial charge in [-0.2, -0.15) is 0 Å². The normalized spacial score (nSPS) is 24.0. The van der Waals surface area contributed by atoms with Crippen LogP contribution >= 0.6 is 0 Å². The first-order valence-electron chi connectivity index (χ1n) is 4.87. The van der Waals surface area contributed by atoms with Crippen molar-refractivity contribution in [3.05, 3.63) is 0 Å². The highest BCUT2D eigenvalue weighted by atomic mass is 15.3. The zero-order valence-corrected chi connectivity index (χ0v) is 7.66. The zero-order chi connectivity index (χ0) is 8.49. The number of nitrogens with one attached hydrogen (secondary N) is 4. The van der Waals surface area contributed by atoms with Crippen molar-refractivity contribution in [2.75, 3.05) is 39.3 Å². The fraction of sp³-hybridized carbons (Fsp3) is 1.00. The number of rotatable bonds is 0. The van der Waals surface area contributed by atoms with Gasteiger partial charge in [0, 0.05) is 19.6 Å². The van der Waals surface area contributed by atoms with E-state index in [4.69, 9.17) is 0 Å². The van der Waals surface area contributed by atoms with E-state index >= 15 is 0 Å². The van der Waals surface area contributed by atoms with Gasteiger partial charge in [-0.3, -0.25) is 10.9 Å². The average molecular weight is 172 g/mol. The van der Waals surface area contributed by atoms with Crippen LogP contribution in [0.1, 0.15) is 12.8 Å². The van der Waals surface area contributed by atoms with E-state index in [1.165, 1.54) is 12.8 Å². The monoisotopic (exact) mass is 172 g/mol. The summed E-state index contributed by atoms with van der Waals surface area (Å²) in [7, 11) is 0. The van der Waals surface area contributed by atoms with Crippen LogP contribution in [0.3, 0.4) is 0 Å². The molecule has 0 aliphatic carbocycles. The zero-order valence-electron chi connectivity index (χ0n) is 7.66. The average Bonchev–Trinajstić information content (AvgIpc) is 2.05. The van der Waals surface area contributed by atoms with Gasteiger partial charge >= 0.3 is 0 Å². The van der Waals surface area contributed by atoms with Crippen molar-refractivity contribution in [2.24, 2.45) is 0 Å². The quantitative estimate of drug-likeness (QED) is 0.381. The molecule has 0 unspecified atom stereocenters. The van der Waals surface area contributed by atoms with E-state index in [0.717, 1.165) is 39.3 Å². The second-order valence-electron chi connectivity index (χ2n) is 3.06. The van der Waals surface area contributed by atoms with Crippen LogP contribution in [0.15, 0.2) is 0 Å². The maximum Gasteiger partial charge on any atom is 0.0225 e. The minimum Gasteiger partial charge on any atom is -0.317 e. The SMILES string of the molecule is C1CNCCCNNCCNC1. The van der Waals surface area contributed by atoms with E-state index in [1.807, 2.05) is 0 Å². The lowest BCUT2D eigenvalue weighted by Crippen LogP contribution is -2.39. The van der Waals surface area contributed by atoms with Crippen molar-refractivity contribution in [2.45, 2.75) is 12.8 Å². The van der Waals surface area contributed by atoms with E-state index in [-0.39, 0.29) is 0 Å². The predicted molar refractivity (Wildman–Crippen MR) is 51.0 cm³/mol. The van der Waals surface area contributed by atoms with Gasteiger partial charge in [-0.25, -0.2) is 0 Å². The second-order valence-corrected chi connectivity index (χ2v) is 3.06. The Morgan fingerprint density at radius 2 is 1.08 bits per heavy atom. The molecule has 0 aromatic carbocycles. The van der Waals surface area contributed by atoms with Crippen LogP contribution in [0.2, 0.25) is 0 Å². The number of hydrazine groups is 1. The van der Waals surface area contributed by atoms with Crippen LogP contribution < -0.4 is 21.5 Å². The molecule has 72 valence electrons. The summed E-state index contributed by atoms with van der Waals surface area (Å²) in [5, 5.41) is 6.76. The van der Waals surface area contributed by atoms with Crippen molar-refractivity contribution in [1.82, 2.24) is 21.5 Å². The first-order valence-corrected chi connectivity index (χ1v) is 4.87. The van der Waals surface area contributed by atoms with Crippen molar-refractivity contribution in [3.63, 3.8) is 0 Å². The topological polar surface area (TPSA) is 48.1 Å². The third kappa shape index (κ3) is 5.49. The van der Waals surface area contributed by atoms with Crippen LogP contribution in [-0.4, -0.2) is 39.3 Å². The van der Waals surface area contributed by atoms with Crippen LogP contribution in [0, 0.1) is 0 Å². The van der Waals surface area contributed by atoms with E-state index in [9.17, 15) is 0 Å². The maximum atomic E-state index is 3.40. The highest BCUT2D eigenvalue weighted by Gasteiger charge is 1.92. The van der Waals surface area contributed by atoms with Crippen LogP contribution in [-0.2, 0) is 0 Å². The molecule has 1 aliphatic rings. The van der Waals surface area contributed by atoms with E-state index in [1.54, 1.807) is 0 Å². The van der Waals surface area contributed by atoms with Crippen molar-refractivity contribution in [3.8, 4) is 0 Å². The molecule has 1 saturated heterocycles. The molecule has 0 spiro atoms. The molecule has 0 aromatic heterocycles. The lowest BCUT2D eigenvalue weighted by molar-refractivity contribution is 0.478. The van der Waals surface area contributed by atoms with Gasteiger partial charge in [0.2, 0.25) is 0 Å². The Hall–Kier alpha value is -0.160. The molecule has 0 bridgehead atoms. The lowest BCUT2D eigenvalue weighted by atomic mass is 10.3. The molecule has 0 atom stereocenters. The molecule has 1 heterocycles. The lowest BCUT2D eigenvalue weighted by Gasteiger charge is -2.11. The molecule has 4 heteroatoms. The Labute approximate surface area is 74.5 Å². The maximum absolute atomic E-state index is 3.40. The molecular weight excluding hydrogens is 152 g/mol. The molecule has 1 fully saturated rings. The Bertz CT molecular complexity index is 54.0. The van der Waals surface area contributed by atoms with Crippen molar-refractivity contribution >= 4 is 0 Å². The van der Waals surface area contributed by atoms with Crippen LogP contribution in [0.25, 0.3) is 0 Å². The van der Waals surface area contributed by atoms with Gasteiger partial charge in [0.15, 0.2) is 0 Å². The standard InChI is InChI=1S/C8H20N4/c1-3-9-5-2-6-11-12-8-7-10-4-1/h9-12H,1-8H2. The smallest absolute Gasteiger partial charge is 0.0225 e. The fourth-order valence-electron chi connectivity index (χ4n) is 1.22. The highest BCUT2D eigenvalue weighted by Crippen LogP contribution is 1.77. The number of hydrogen-bond acceptors (Lipinski definition) is 4. The van der Waals surface area contributed by atoms with Gasteiger partial charge in [-0.15, -0.1) is 0 Å². The van der Waals surface area contributed by atoms with Gasteiger partial charge in [-0.1, -0.05) is 0 Å². The largest absolute Gasteiger partial charge is 0.317 e. The highest BCUT2D eigenvalue weighted by molar-refractivity contribution is 4.56. The van der Waals surface area contributed by atoms with E-state index in [0.29, 0.717) is 0 Å². The van der Waals surface area contributed by atoms with Gasteiger partial charge in [0.05, 0.1) is 0 Å². The Balaban J connectivity index is 2.00. The Kier molecular flexibility index (Phi) is 6.19. The minimum atomic E-state index is 1.01. The summed E-state index contributed by atoms with van der Waals surface area (Å²) in [6.45, 7) is 6.48. The van der Waals surface area contributed by atoms with Crippen molar-refractivity contribution < 1.29 is 0 Å². The van der Waals surface area contributed by atoms with Crippen molar-refractivity contribution in [1.29, 1.82) is 0 Å². The summed E-state index contributed by atoms with van der Waals surface area (Å²) in [5.41, 5.74) is 6.34. The molecule has 12 heavy (non-hydrogen) atoms. The summed E-state index contributed by atoms with van der Waals surface area (Å²) in [5.74, 6) is 0. The first kappa shape index (κ1) is 9.92. The molecule has 0 amide bonds. The number of hydrogen-bond donors (Lipinski definition) is 4. The molecule has 4 nitrogen and oxygen atoms in total. The van der Waals surface area contributed by atoms with Gasteiger partial charge < -0.3 is 10.6 Å². The molecule has 1 aliphatic heterocycles. The molecule has 1 rings (SSSR count). The summed E-state index contributed by atoms with van der Waals surface area (Å²) in [6.07, 6.45) is 2.42.